The Balaban J connectivity index is 1.46. The number of nitrogens with zero attached hydrogens (tertiary/aromatic N) is 2. The van der Waals surface area contributed by atoms with Crippen LogP contribution >= 0.6 is 11.3 Å². The molecule has 0 saturated heterocycles. The van der Waals surface area contributed by atoms with E-state index in [-0.39, 0.29) is 23.3 Å². The molecule has 2 N–H and O–H groups in total. The number of carboxylic acids is 1. The highest BCUT2D eigenvalue weighted by Gasteiger charge is 2.20. The monoisotopic (exact) mass is 487 g/mol. The molecule has 0 bridgehead atoms. The lowest BCUT2D eigenvalue weighted by molar-refractivity contribution is -0.136. The van der Waals surface area contributed by atoms with Crippen LogP contribution in [0, 0.1) is 0 Å². The zero-order valence-corrected chi connectivity index (χ0v) is 20.0. The quantitative estimate of drug-likeness (QED) is 0.319. The number of hydrogen-bond donors (Lipinski definition) is 2. The average molecular weight is 488 g/mol. The molecule has 4 rings (SSSR count). The van der Waals surface area contributed by atoms with E-state index in [1.54, 1.807) is 19.2 Å². The summed E-state index contributed by atoms with van der Waals surface area (Å²) in [7, 11) is 1.64. The normalized spacial score (nSPS) is 11.6. The number of anilines is 1. The molecule has 7 nitrogen and oxygen atoms in total. The fraction of sp³-hybridized carbons (Fsp3) is 0.185. The number of hydrogen-bond acceptors (Lipinski definition) is 6. The van der Waals surface area contributed by atoms with Crippen LogP contribution in [-0.2, 0) is 17.6 Å². The summed E-state index contributed by atoms with van der Waals surface area (Å²) in [6.07, 6.45) is 1.12. The minimum Gasteiger partial charge on any atom is -0.497 e. The van der Waals surface area contributed by atoms with Crippen LogP contribution in [0.3, 0.4) is 0 Å². The van der Waals surface area contributed by atoms with Crippen molar-refractivity contribution in [1.82, 2.24) is 10.2 Å². The van der Waals surface area contributed by atoms with Crippen molar-refractivity contribution in [3.8, 4) is 5.75 Å². The largest absolute Gasteiger partial charge is 0.497 e. The minimum atomic E-state index is -0.837. The molecule has 0 aliphatic carbocycles. The van der Waals surface area contributed by atoms with E-state index in [4.69, 9.17) is 9.84 Å². The maximum Gasteiger partial charge on any atom is 0.303 e. The smallest absolute Gasteiger partial charge is 0.303 e. The van der Waals surface area contributed by atoms with Crippen LogP contribution in [0.4, 0.5) is 5.69 Å². The van der Waals surface area contributed by atoms with E-state index >= 15 is 0 Å². The Bertz CT molecular complexity index is 1270. The molecule has 0 spiro atoms. The van der Waals surface area contributed by atoms with Gasteiger partial charge in [-0.3, -0.25) is 9.59 Å². The summed E-state index contributed by atoms with van der Waals surface area (Å²) in [5.41, 5.74) is 3.79. The molecular formula is C27H25N3O4S. The van der Waals surface area contributed by atoms with Gasteiger partial charge in [0.15, 0.2) is 0 Å². The number of aliphatic carboxylic acids is 1. The molecule has 1 atom stereocenters. The number of carbonyl (C=O) groups is 2. The first-order valence-electron chi connectivity index (χ1n) is 11.1. The van der Waals surface area contributed by atoms with Crippen LogP contribution in [0.15, 0.2) is 78.9 Å². The lowest BCUT2D eigenvalue weighted by Crippen LogP contribution is -2.11. The van der Waals surface area contributed by atoms with E-state index in [2.05, 4.69) is 27.6 Å². The highest BCUT2D eigenvalue weighted by Crippen LogP contribution is 2.31. The van der Waals surface area contributed by atoms with Gasteiger partial charge >= 0.3 is 5.97 Å². The van der Waals surface area contributed by atoms with Crippen molar-refractivity contribution in [2.24, 2.45) is 0 Å². The molecule has 0 saturated carbocycles. The lowest BCUT2D eigenvalue weighted by Gasteiger charge is -2.17. The minimum absolute atomic E-state index is 0.0596. The first-order valence-corrected chi connectivity index (χ1v) is 12.0. The summed E-state index contributed by atoms with van der Waals surface area (Å²) in [6.45, 7) is 0. The molecule has 1 unspecified atom stereocenters. The summed E-state index contributed by atoms with van der Waals surface area (Å²) in [6, 6.07) is 25.3. The Morgan fingerprint density at radius 2 is 1.63 bits per heavy atom. The number of benzene rings is 3. The number of ether oxygens (including phenoxy) is 1. The average Bonchev–Trinajstić information content (AvgIpc) is 3.36. The van der Waals surface area contributed by atoms with Crippen molar-refractivity contribution in [3.63, 3.8) is 0 Å². The number of aromatic nitrogens is 2. The zero-order valence-electron chi connectivity index (χ0n) is 19.2. The van der Waals surface area contributed by atoms with Gasteiger partial charge in [0.25, 0.3) is 5.91 Å². The number of rotatable bonds is 10. The molecule has 4 aromatic rings. The first kappa shape index (κ1) is 24.1. The van der Waals surface area contributed by atoms with Crippen molar-refractivity contribution in [2.45, 2.75) is 25.2 Å². The van der Waals surface area contributed by atoms with E-state index in [1.807, 2.05) is 54.6 Å². The third-order valence-electron chi connectivity index (χ3n) is 5.60. The molecule has 0 radical (unpaired) electrons. The second kappa shape index (κ2) is 11.4. The third kappa shape index (κ3) is 6.51. The predicted octanol–water partition coefficient (Wildman–Crippen LogP) is 5.19. The van der Waals surface area contributed by atoms with Crippen molar-refractivity contribution >= 4 is 28.9 Å². The lowest BCUT2D eigenvalue weighted by atomic mass is 9.89. The SMILES string of the molecule is COc1ccc(C(Cc2nnc(C(=O)Nc3ccc(CCC(=O)O)cc3)s2)c2ccccc2)cc1. The Morgan fingerprint density at radius 3 is 2.29 bits per heavy atom. The van der Waals surface area contributed by atoms with Crippen molar-refractivity contribution in [1.29, 1.82) is 0 Å². The van der Waals surface area contributed by atoms with Gasteiger partial charge in [0.05, 0.1) is 7.11 Å². The van der Waals surface area contributed by atoms with Crippen LogP contribution in [0.5, 0.6) is 5.75 Å². The van der Waals surface area contributed by atoms with Gasteiger partial charge in [-0.25, -0.2) is 0 Å². The molecule has 8 heteroatoms. The molecule has 1 amide bonds. The fourth-order valence-electron chi connectivity index (χ4n) is 3.74. The Morgan fingerprint density at radius 1 is 0.943 bits per heavy atom. The van der Waals surface area contributed by atoms with Gasteiger partial charge < -0.3 is 15.2 Å². The number of amides is 1. The summed E-state index contributed by atoms with van der Waals surface area (Å²) in [5, 5.41) is 21.1. The van der Waals surface area contributed by atoms with Crippen molar-refractivity contribution in [2.75, 3.05) is 12.4 Å². The Hall–Kier alpha value is -4.04. The molecule has 178 valence electrons. The van der Waals surface area contributed by atoms with Crippen LogP contribution in [0.2, 0.25) is 0 Å². The molecule has 1 aromatic heterocycles. The molecule has 35 heavy (non-hydrogen) atoms. The van der Waals surface area contributed by atoms with Crippen LogP contribution in [0.25, 0.3) is 0 Å². The number of methoxy groups -OCH3 is 1. The Labute approximate surface area is 207 Å². The van der Waals surface area contributed by atoms with Gasteiger partial charge in [-0.2, -0.15) is 0 Å². The second-order valence-electron chi connectivity index (χ2n) is 7.99. The highest BCUT2D eigenvalue weighted by atomic mass is 32.1. The predicted molar refractivity (Wildman–Crippen MR) is 135 cm³/mol. The van der Waals surface area contributed by atoms with E-state index in [9.17, 15) is 9.59 Å². The second-order valence-corrected chi connectivity index (χ2v) is 9.05. The standard InChI is InChI=1S/C27H25N3O4S/c1-34-22-14-10-20(11-15-22)23(19-5-3-2-4-6-19)17-24-29-30-27(35-24)26(33)28-21-12-7-18(8-13-21)9-16-25(31)32/h2-8,10-15,23H,9,16-17H2,1H3,(H,28,33)(H,31,32). The molecule has 0 fully saturated rings. The van der Waals surface area contributed by atoms with Crippen molar-refractivity contribution in [3.05, 3.63) is 106 Å². The fourth-order valence-corrected chi connectivity index (χ4v) is 4.52. The topological polar surface area (TPSA) is 101 Å². The molecule has 0 aliphatic rings. The number of carbonyl (C=O) groups excluding carboxylic acids is 1. The third-order valence-corrected chi connectivity index (χ3v) is 6.54. The van der Waals surface area contributed by atoms with E-state index in [1.165, 1.54) is 11.3 Å². The molecular weight excluding hydrogens is 462 g/mol. The maximum atomic E-state index is 12.7. The number of nitrogens with one attached hydrogen (secondary N) is 1. The van der Waals surface area contributed by atoms with Crippen LogP contribution in [-0.4, -0.2) is 34.3 Å². The summed E-state index contributed by atoms with van der Waals surface area (Å²) < 4.78 is 5.29. The Kier molecular flexibility index (Phi) is 7.84. The van der Waals surface area contributed by atoms with Crippen LogP contribution < -0.4 is 10.1 Å². The van der Waals surface area contributed by atoms with E-state index in [0.29, 0.717) is 18.5 Å². The van der Waals surface area contributed by atoms with Gasteiger partial charge in [-0.15, -0.1) is 10.2 Å². The highest BCUT2D eigenvalue weighted by molar-refractivity contribution is 7.13. The van der Waals surface area contributed by atoms with E-state index < -0.39 is 5.97 Å². The van der Waals surface area contributed by atoms with Crippen molar-refractivity contribution < 1.29 is 19.4 Å². The van der Waals surface area contributed by atoms with E-state index in [0.717, 1.165) is 27.4 Å². The molecule has 0 aliphatic heterocycles. The van der Waals surface area contributed by atoms with Crippen LogP contribution in [0.1, 0.15) is 43.8 Å². The maximum absolute atomic E-state index is 12.7. The van der Waals surface area contributed by atoms with Gasteiger partial charge in [0.1, 0.15) is 10.8 Å². The molecule has 3 aromatic carbocycles. The van der Waals surface area contributed by atoms with Gasteiger partial charge in [-0.1, -0.05) is 65.9 Å². The van der Waals surface area contributed by atoms with Gasteiger partial charge in [-0.05, 0) is 47.4 Å². The number of aryl methyl sites for hydroxylation is 1. The number of carboxylic acid groups (broad SMARTS) is 1. The zero-order chi connectivity index (χ0) is 24.6. The van der Waals surface area contributed by atoms with Gasteiger partial charge in [0.2, 0.25) is 5.01 Å². The summed E-state index contributed by atoms with van der Waals surface area (Å²) in [5.74, 6) is -0.307. The van der Waals surface area contributed by atoms with Gasteiger partial charge in [0, 0.05) is 24.4 Å². The summed E-state index contributed by atoms with van der Waals surface area (Å²) >= 11 is 1.28. The first-order chi connectivity index (χ1) is 17.0. The summed E-state index contributed by atoms with van der Waals surface area (Å²) in [4.78, 5) is 23.5. The molecule has 1 heterocycles.